The van der Waals surface area contributed by atoms with E-state index in [4.69, 9.17) is 0 Å². The fourth-order valence-corrected chi connectivity index (χ4v) is 3.63. The van der Waals surface area contributed by atoms with Crippen LogP contribution in [0.4, 0.5) is 0 Å². The van der Waals surface area contributed by atoms with E-state index >= 15 is 0 Å². The molecule has 3 rings (SSSR count). The van der Waals surface area contributed by atoms with Crippen molar-refractivity contribution >= 4 is 11.3 Å². The number of nitrogens with one attached hydrogen (secondary N) is 1. The predicted molar refractivity (Wildman–Crippen MR) is 64.1 cm³/mol. The minimum absolute atomic E-state index is 0.777. The number of thiophene rings is 1. The first-order valence-electron chi connectivity index (χ1n) is 5.90. The Hall–Kier alpha value is -0.380. The van der Waals surface area contributed by atoms with Gasteiger partial charge in [-0.15, -0.1) is 11.3 Å². The molecule has 0 aromatic carbocycles. The van der Waals surface area contributed by atoms with Crippen molar-refractivity contribution in [2.75, 3.05) is 19.6 Å². The van der Waals surface area contributed by atoms with E-state index in [1.165, 1.54) is 37.4 Å². The highest BCUT2D eigenvalue weighted by molar-refractivity contribution is 7.09. The average molecular weight is 222 g/mol. The van der Waals surface area contributed by atoms with Gasteiger partial charge >= 0.3 is 0 Å². The van der Waals surface area contributed by atoms with E-state index in [9.17, 15) is 0 Å². The van der Waals surface area contributed by atoms with Gasteiger partial charge in [0, 0.05) is 30.6 Å². The van der Waals surface area contributed by atoms with Gasteiger partial charge in [0.15, 0.2) is 0 Å². The Labute approximate surface area is 95.3 Å². The highest BCUT2D eigenvalue weighted by atomic mass is 32.1. The molecule has 0 saturated carbocycles. The predicted octanol–water partition coefficient (Wildman–Crippen LogP) is 1.93. The molecule has 3 heteroatoms. The molecule has 2 atom stereocenters. The third kappa shape index (κ3) is 2.10. The molecule has 2 saturated heterocycles. The van der Waals surface area contributed by atoms with Gasteiger partial charge < -0.3 is 5.32 Å². The molecular formula is C12H18N2S. The Morgan fingerprint density at radius 2 is 2.47 bits per heavy atom. The van der Waals surface area contributed by atoms with Crippen LogP contribution in [0.1, 0.15) is 17.7 Å². The molecule has 1 aromatic heterocycles. The summed E-state index contributed by atoms with van der Waals surface area (Å²) in [4.78, 5) is 4.12. The maximum Gasteiger partial charge on any atom is 0.0328 e. The van der Waals surface area contributed by atoms with E-state index < -0.39 is 0 Å². The number of nitrogens with zero attached hydrogens (tertiary/aromatic N) is 1. The van der Waals surface area contributed by atoms with Gasteiger partial charge in [0.1, 0.15) is 0 Å². The van der Waals surface area contributed by atoms with Crippen LogP contribution in [-0.4, -0.2) is 30.6 Å². The number of piperidine rings is 1. The molecule has 1 N–H and O–H groups in total. The summed E-state index contributed by atoms with van der Waals surface area (Å²) in [6.07, 6.45) is 2.80. The lowest BCUT2D eigenvalue weighted by Crippen LogP contribution is -2.40. The van der Waals surface area contributed by atoms with E-state index in [1.54, 1.807) is 0 Å². The van der Waals surface area contributed by atoms with E-state index in [-0.39, 0.29) is 0 Å². The lowest BCUT2D eigenvalue weighted by Gasteiger charge is -2.24. The van der Waals surface area contributed by atoms with Gasteiger partial charge in [0.05, 0.1) is 0 Å². The van der Waals surface area contributed by atoms with Crippen LogP contribution in [0.3, 0.4) is 0 Å². The molecule has 0 aliphatic carbocycles. The molecule has 0 amide bonds. The third-order valence-electron chi connectivity index (χ3n) is 3.63. The van der Waals surface area contributed by atoms with Gasteiger partial charge in [-0.05, 0) is 36.8 Å². The summed E-state index contributed by atoms with van der Waals surface area (Å²) >= 11 is 1.88. The van der Waals surface area contributed by atoms with Gasteiger partial charge in [0.2, 0.25) is 0 Å². The fourth-order valence-electron chi connectivity index (χ4n) is 2.89. The molecular weight excluding hydrogens is 204 g/mol. The number of hydrogen-bond acceptors (Lipinski definition) is 3. The highest BCUT2D eigenvalue weighted by Crippen LogP contribution is 2.26. The van der Waals surface area contributed by atoms with Crippen molar-refractivity contribution in [2.45, 2.75) is 25.4 Å². The van der Waals surface area contributed by atoms with E-state index in [0.717, 1.165) is 18.5 Å². The summed E-state index contributed by atoms with van der Waals surface area (Å²) in [7, 11) is 0. The van der Waals surface area contributed by atoms with Gasteiger partial charge in [-0.25, -0.2) is 0 Å². The molecule has 0 bridgehead atoms. The molecule has 15 heavy (non-hydrogen) atoms. The van der Waals surface area contributed by atoms with E-state index in [1.807, 2.05) is 11.3 Å². The van der Waals surface area contributed by atoms with Crippen LogP contribution >= 0.6 is 11.3 Å². The first-order valence-corrected chi connectivity index (χ1v) is 6.78. The molecule has 3 heterocycles. The number of rotatable bonds is 2. The van der Waals surface area contributed by atoms with Crippen LogP contribution in [0.2, 0.25) is 0 Å². The Morgan fingerprint density at radius 3 is 3.27 bits per heavy atom. The maximum atomic E-state index is 3.65. The highest BCUT2D eigenvalue weighted by Gasteiger charge is 2.33. The van der Waals surface area contributed by atoms with Crippen molar-refractivity contribution in [1.29, 1.82) is 0 Å². The van der Waals surface area contributed by atoms with Crippen molar-refractivity contribution in [3.63, 3.8) is 0 Å². The van der Waals surface area contributed by atoms with Gasteiger partial charge in [-0.2, -0.15) is 0 Å². The summed E-state index contributed by atoms with van der Waals surface area (Å²) in [5.74, 6) is 0.915. The fraction of sp³-hybridized carbons (Fsp3) is 0.667. The largest absolute Gasteiger partial charge is 0.312 e. The summed E-state index contributed by atoms with van der Waals surface area (Å²) in [5, 5.41) is 5.83. The zero-order chi connectivity index (χ0) is 10.1. The van der Waals surface area contributed by atoms with Crippen LogP contribution in [-0.2, 0) is 6.54 Å². The van der Waals surface area contributed by atoms with Crippen molar-refractivity contribution in [2.24, 2.45) is 5.92 Å². The zero-order valence-corrected chi connectivity index (χ0v) is 9.80. The minimum Gasteiger partial charge on any atom is -0.312 e. The second kappa shape index (κ2) is 4.24. The molecule has 0 unspecified atom stereocenters. The maximum absolute atomic E-state index is 3.65. The van der Waals surface area contributed by atoms with Crippen LogP contribution < -0.4 is 5.32 Å². The lowest BCUT2D eigenvalue weighted by molar-refractivity contribution is 0.315. The first kappa shape index (κ1) is 9.82. The van der Waals surface area contributed by atoms with Crippen LogP contribution in [0.5, 0.6) is 0 Å². The third-order valence-corrected chi connectivity index (χ3v) is 4.50. The van der Waals surface area contributed by atoms with Crippen molar-refractivity contribution in [1.82, 2.24) is 10.2 Å². The Kier molecular flexibility index (Phi) is 2.77. The van der Waals surface area contributed by atoms with Crippen molar-refractivity contribution in [3.05, 3.63) is 22.4 Å². The summed E-state index contributed by atoms with van der Waals surface area (Å²) in [5.41, 5.74) is 0. The normalized spacial score (nSPS) is 31.7. The Morgan fingerprint density at radius 1 is 1.47 bits per heavy atom. The van der Waals surface area contributed by atoms with Crippen molar-refractivity contribution < 1.29 is 0 Å². The second-order valence-corrected chi connectivity index (χ2v) is 5.77. The monoisotopic (exact) mass is 222 g/mol. The SMILES string of the molecule is c1csc(CN2C[C@@H]3CCCN[C@@H]3C2)c1. The van der Waals surface area contributed by atoms with Gasteiger partial charge in [-0.1, -0.05) is 6.07 Å². The lowest BCUT2D eigenvalue weighted by atomic mass is 9.94. The Bertz CT molecular complexity index is 295. The smallest absolute Gasteiger partial charge is 0.0328 e. The standard InChI is InChI=1S/C12H18N2S/c1-3-10-7-14(9-12(10)13-5-1)8-11-4-2-6-15-11/h2,4,6,10,12-13H,1,3,5,7-9H2/t10-,12+/m0/s1. The van der Waals surface area contributed by atoms with E-state index in [2.05, 4.69) is 27.7 Å². The number of likely N-dealkylation sites (tertiary alicyclic amines) is 1. The zero-order valence-electron chi connectivity index (χ0n) is 8.98. The summed E-state index contributed by atoms with van der Waals surface area (Å²) < 4.78 is 0. The topological polar surface area (TPSA) is 15.3 Å². The Balaban J connectivity index is 1.60. The summed E-state index contributed by atoms with van der Waals surface area (Å²) in [6, 6.07) is 5.18. The van der Waals surface area contributed by atoms with Gasteiger partial charge in [0.25, 0.3) is 0 Å². The molecule has 2 fully saturated rings. The summed E-state index contributed by atoms with van der Waals surface area (Å²) in [6.45, 7) is 4.94. The molecule has 2 aliphatic rings. The van der Waals surface area contributed by atoms with E-state index in [0.29, 0.717) is 0 Å². The van der Waals surface area contributed by atoms with Crippen LogP contribution in [0.15, 0.2) is 17.5 Å². The number of hydrogen-bond donors (Lipinski definition) is 1. The molecule has 2 aliphatic heterocycles. The average Bonchev–Trinajstić information content (AvgIpc) is 2.86. The molecule has 2 nitrogen and oxygen atoms in total. The molecule has 0 radical (unpaired) electrons. The molecule has 0 spiro atoms. The minimum atomic E-state index is 0.777. The quantitative estimate of drug-likeness (QED) is 0.822. The number of fused-ring (bicyclic) bond motifs is 1. The van der Waals surface area contributed by atoms with Crippen molar-refractivity contribution in [3.8, 4) is 0 Å². The molecule has 1 aromatic rings. The second-order valence-electron chi connectivity index (χ2n) is 4.74. The van der Waals surface area contributed by atoms with Crippen LogP contribution in [0.25, 0.3) is 0 Å². The molecule has 82 valence electrons. The van der Waals surface area contributed by atoms with Gasteiger partial charge in [-0.3, -0.25) is 4.90 Å². The first-order chi connectivity index (χ1) is 7.42. The van der Waals surface area contributed by atoms with Crippen LogP contribution in [0, 0.1) is 5.92 Å².